The Bertz CT molecular complexity index is 1370. The zero-order chi connectivity index (χ0) is 29.7. The lowest BCUT2D eigenvalue weighted by atomic mass is 10.00. The Morgan fingerprint density at radius 3 is 2.50 bits per heavy atom. The minimum Gasteiger partial charge on any atom is -0.496 e. The Morgan fingerprint density at radius 2 is 1.79 bits per heavy atom. The maximum absolute atomic E-state index is 13.5. The number of carbonyl (C=O) groups is 2. The van der Waals surface area contributed by atoms with Gasteiger partial charge in [0.05, 0.1) is 24.1 Å². The van der Waals surface area contributed by atoms with Gasteiger partial charge in [-0.3, -0.25) is 9.69 Å². The number of sulfonamides is 1. The first-order valence-electron chi connectivity index (χ1n) is 14.7. The van der Waals surface area contributed by atoms with Crippen LogP contribution in [0.15, 0.2) is 42.5 Å². The van der Waals surface area contributed by atoms with Crippen LogP contribution < -0.4 is 19.7 Å². The number of amides is 2. The zero-order valence-corrected chi connectivity index (χ0v) is 25.1. The van der Waals surface area contributed by atoms with Gasteiger partial charge in [0, 0.05) is 50.4 Å². The van der Waals surface area contributed by atoms with Crippen molar-refractivity contribution in [1.82, 2.24) is 14.5 Å². The SMILES string of the molecule is CCNCCS(=O)(=O)N1CCC(Oc2ccc(C(=O)N3CCC(N4C(=O)OCc5ccccc54)CC3)c(OC)c2)CC1. The fraction of sp³-hybridized carbons (Fsp3) is 0.533. The van der Waals surface area contributed by atoms with Crippen molar-refractivity contribution >= 4 is 27.7 Å². The van der Waals surface area contributed by atoms with Crippen molar-refractivity contribution in [2.45, 2.75) is 51.4 Å². The lowest BCUT2D eigenvalue weighted by molar-refractivity contribution is 0.0705. The van der Waals surface area contributed by atoms with E-state index in [0.717, 1.165) is 17.8 Å². The van der Waals surface area contributed by atoms with E-state index < -0.39 is 10.0 Å². The number of methoxy groups -OCH3 is 1. The van der Waals surface area contributed by atoms with Crippen LogP contribution in [0.2, 0.25) is 0 Å². The van der Waals surface area contributed by atoms with E-state index in [0.29, 0.717) is 75.5 Å². The Balaban J connectivity index is 1.16. The van der Waals surface area contributed by atoms with Gasteiger partial charge >= 0.3 is 6.09 Å². The highest BCUT2D eigenvalue weighted by Crippen LogP contribution is 2.33. The van der Waals surface area contributed by atoms with Gasteiger partial charge in [0.25, 0.3) is 5.91 Å². The summed E-state index contributed by atoms with van der Waals surface area (Å²) in [7, 11) is -1.76. The van der Waals surface area contributed by atoms with E-state index in [4.69, 9.17) is 14.2 Å². The lowest BCUT2D eigenvalue weighted by Crippen LogP contribution is -2.50. The van der Waals surface area contributed by atoms with Crippen LogP contribution in [0.3, 0.4) is 0 Å². The molecule has 42 heavy (non-hydrogen) atoms. The molecule has 0 bridgehead atoms. The number of nitrogens with one attached hydrogen (secondary N) is 1. The fourth-order valence-electron chi connectivity index (χ4n) is 5.87. The number of benzene rings is 2. The van der Waals surface area contributed by atoms with Crippen molar-refractivity contribution in [3.63, 3.8) is 0 Å². The molecular weight excluding hydrogens is 560 g/mol. The largest absolute Gasteiger partial charge is 0.496 e. The molecule has 3 aliphatic heterocycles. The van der Waals surface area contributed by atoms with Gasteiger partial charge in [-0.1, -0.05) is 25.1 Å². The van der Waals surface area contributed by atoms with Crippen LogP contribution in [0.1, 0.15) is 48.5 Å². The van der Waals surface area contributed by atoms with Crippen LogP contribution in [0, 0.1) is 0 Å². The first kappa shape index (κ1) is 30.1. The molecule has 0 radical (unpaired) electrons. The number of ether oxygens (including phenoxy) is 3. The fourth-order valence-corrected chi connectivity index (χ4v) is 7.30. The predicted molar refractivity (Wildman–Crippen MR) is 159 cm³/mol. The number of cyclic esters (lactones) is 1. The molecule has 11 nitrogen and oxygen atoms in total. The van der Waals surface area contributed by atoms with Crippen molar-refractivity contribution in [1.29, 1.82) is 0 Å². The van der Waals surface area contributed by atoms with E-state index >= 15 is 0 Å². The zero-order valence-electron chi connectivity index (χ0n) is 24.3. The van der Waals surface area contributed by atoms with Crippen molar-refractivity contribution in [3.8, 4) is 11.5 Å². The number of hydrogen-bond donors (Lipinski definition) is 1. The maximum atomic E-state index is 13.5. The Hall–Kier alpha value is -3.35. The molecule has 0 unspecified atom stereocenters. The Morgan fingerprint density at radius 1 is 1.05 bits per heavy atom. The third-order valence-corrected chi connectivity index (χ3v) is 10.1. The molecule has 228 valence electrons. The molecule has 2 aromatic rings. The number of anilines is 1. The summed E-state index contributed by atoms with van der Waals surface area (Å²) in [6.45, 7) is 5.27. The smallest absolute Gasteiger partial charge is 0.414 e. The standard InChI is InChI=1S/C30H40N4O7S/c1-3-31-14-19-42(37,38)33-17-12-24(13-18-33)41-25-8-9-26(28(20-25)39-2)29(35)32-15-10-23(11-16-32)34-27-7-5-4-6-22(27)21-40-30(34)36/h4-9,20,23-24,31H,3,10-19,21H2,1-2H3. The number of rotatable bonds is 10. The average molecular weight is 601 g/mol. The van der Waals surface area contributed by atoms with Crippen LogP contribution in [-0.4, -0.2) is 93.9 Å². The molecule has 0 aromatic heterocycles. The second kappa shape index (κ2) is 13.3. The third kappa shape index (κ3) is 6.66. The molecule has 2 saturated heterocycles. The van der Waals surface area contributed by atoms with Gasteiger partial charge in [-0.15, -0.1) is 0 Å². The molecule has 0 saturated carbocycles. The highest BCUT2D eigenvalue weighted by Gasteiger charge is 2.35. The molecule has 2 fully saturated rings. The third-order valence-electron chi connectivity index (χ3n) is 8.20. The second-order valence-corrected chi connectivity index (χ2v) is 12.9. The summed E-state index contributed by atoms with van der Waals surface area (Å²) in [4.78, 5) is 29.6. The lowest BCUT2D eigenvalue weighted by Gasteiger charge is -2.40. The van der Waals surface area contributed by atoms with Gasteiger partial charge in [0.1, 0.15) is 24.2 Å². The number of carbonyl (C=O) groups excluding carboxylic acids is 2. The first-order chi connectivity index (χ1) is 20.3. The van der Waals surface area contributed by atoms with E-state index in [9.17, 15) is 18.0 Å². The van der Waals surface area contributed by atoms with Crippen molar-refractivity contribution in [2.24, 2.45) is 0 Å². The average Bonchev–Trinajstić information content (AvgIpc) is 3.01. The van der Waals surface area contributed by atoms with Gasteiger partial charge in [0.15, 0.2) is 0 Å². The van der Waals surface area contributed by atoms with Crippen LogP contribution in [0.5, 0.6) is 11.5 Å². The summed E-state index contributed by atoms with van der Waals surface area (Å²) in [5.74, 6) is 0.971. The molecule has 2 aromatic carbocycles. The molecule has 0 aliphatic carbocycles. The van der Waals surface area contributed by atoms with Crippen LogP contribution in [0.25, 0.3) is 0 Å². The summed E-state index contributed by atoms with van der Waals surface area (Å²) < 4.78 is 43.8. The molecular formula is C30H40N4O7S. The summed E-state index contributed by atoms with van der Waals surface area (Å²) in [6.07, 6.45) is 2.00. The minimum atomic E-state index is -3.29. The number of likely N-dealkylation sites (tertiary alicyclic amines) is 1. The van der Waals surface area contributed by atoms with Crippen molar-refractivity contribution < 1.29 is 32.2 Å². The van der Waals surface area contributed by atoms with E-state index in [1.165, 1.54) is 7.11 Å². The second-order valence-electron chi connectivity index (χ2n) is 10.8. The number of nitrogens with zero attached hydrogens (tertiary/aromatic N) is 3. The van der Waals surface area contributed by atoms with E-state index in [-0.39, 0.29) is 36.5 Å². The van der Waals surface area contributed by atoms with Crippen molar-refractivity contribution in [3.05, 3.63) is 53.6 Å². The van der Waals surface area contributed by atoms with Gasteiger partial charge in [-0.2, -0.15) is 0 Å². The number of fused-ring (bicyclic) bond motifs is 1. The molecule has 0 spiro atoms. The summed E-state index contributed by atoms with van der Waals surface area (Å²) in [5, 5.41) is 3.06. The maximum Gasteiger partial charge on any atom is 0.414 e. The monoisotopic (exact) mass is 600 g/mol. The summed E-state index contributed by atoms with van der Waals surface area (Å²) >= 11 is 0. The van der Waals surface area contributed by atoms with Gasteiger partial charge < -0.3 is 24.4 Å². The highest BCUT2D eigenvalue weighted by molar-refractivity contribution is 7.89. The molecule has 12 heteroatoms. The van der Waals surface area contributed by atoms with E-state index in [1.54, 1.807) is 32.3 Å². The van der Waals surface area contributed by atoms with Gasteiger partial charge in [-0.05, 0) is 50.4 Å². The Labute approximate surface area is 247 Å². The molecule has 1 N–H and O–H groups in total. The topological polar surface area (TPSA) is 118 Å². The molecule has 2 amide bonds. The molecule has 3 heterocycles. The minimum absolute atomic E-state index is 0.0462. The highest BCUT2D eigenvalue weighted by atomic mass is 32.2. The first-order valence-corrected chi connectivity index (χ1v) is 16.3. The van der Waals surface area contributed by atoms with Gasteiger partial charge in [-0.25, -0.2) is 17.5 Å². The quantitative estimate of drug-likeness (QED) is 0.413. The predicted octanol–water partition coefficient (Wildman–Crippen LogP) is 3.24. The summed E-state index contributed by atoms with van der Waals surface area (Å²) in [6, 6.07) is 12.9. The molecule has 3 aliphatic rings. The molecule has 5 rings (SSSR count). The van der Waals surface area contributed by atoms with Crippen LogP contribution in [-0.2, 0) is 21.4 Å². The summed E-state index contributed by atoms with van der Waals surface area (Å²) in [5.41, 5.74) is 2.32. The van der Waals surface area contributed by atoms with E-state index in [2.05, 4.69) is 5.32 Å². The van der Waals surface area contributed by atoms with E-state index in [1.807, 2.05) is 31.2 Å². The number of para-hydroxylation sites is 1. The van der Waals surface area contributed by atoms with Crippen LogP contribution >= 0.6 is 0 Å². The normalized spacial score (nSPS) is 18.9. The number of hydrogen-bond acceptors (Lipinski definition) is 8. The van der Waals surface area contributed by atoms with Gasteiger partial charge in [0.2, 0.25) is 10.0 Å². The van der Waals surface area contributed by atoms with Crippen LogP contribution in [0.4, 0.5) is 10.5 Å². The Kier molecular flexibility index (Phi) is 9.54. The number of piperidine rings is 2. The molecule has 0 atom stereocenters. The van der Waals surface area contributed by atoms with Crippen molar-refractivity contribution in [2.75, 3.05) is 57.0 Å².